The standard InChI is InChI=1S/C12H10F2N2O3/c13-9-2-1-7(3-10(9)14)5-16-6-15-4-8(11(16)17)12(18)19/h1-4,6,9-10H,5H2,(H,18,19). The summed E-state index contributed by atoms with van der Waals surface area (Å²) in [6.45, 7) is -0.0589. The minimum atomic E-state index is -1.76. The van der Waals surface area contributed by atoms with Crippen LogP contribution in [0.5, 0.6) is 0 Å². The van der Waals surface area contributed by atoms with Gasteiger partial charge < -0.3 is 5.11 Å². The second-order valence-electron chi connectivity index (χ2n) is 4.04. The van der Waals surface area contributed by atoms with E-state index in [1.165, 1.54) is 6.08 Å². The number of aromatic carboxylic acids is 1. The lowest BCUT2D eigenvalue weighted by atomic mass is 10.0. The van der Waals surface area contributed by atoms with Crippen LogP contribution in [0.1, 0.15) is 10.4 Å². The fourth-order valence-corrected chi connectivity index (χ4v) is 1.69. The molecule has 0 spiro atoms. The first-order chi connectivity index (χ1) is 8.99. The number of aromatic nitrogens is 2. The molecule has 0 saturated heterocycles. The zero-order valence-electron chi connectivity index (χ0n) is 9.66. The molecule has 0 fully saturated rings. The van der Waals surface area contributed by atoms with E-state index in [-0.39, 0.29) is 6.54 Å². The molecule has 0 aliphatic heterocycles. The Labute approximate surface area is 106 Å². The highest BCUT2D eigenvalue weighted by Crippen LogP contribution is 2.17. The molecule has 0 amide bonds. The van der Waals surface area contributed by atoms with Crippen molar-refractivity contribution in [3.05, 3.63) is 52.2 Å². The summed E-state index contributed by atoms with van der Waals surface area (Å²) in [4.78, 5) is 26.2. The number of carbonyl (C=O) groups is 1. The van der Waals surface area contributed by atoms with Crippen LogP contribution in [-0.4, -0.2) is 33.0 Å². The van der Waals surface area contributed by atoms with Gasteiger partial charge in [-0.05, 0) is 17.7 Å². The molecule has 100 valence electrons. The number of nitrogens with zero attached hydrogens (tertiary/aromatic N) is 2. The monoisotopic (exact) mass is 268 g/mol. The number of carboxylic acid groups (broad SMARTS) is 1. The molecule has 7 heteroatoms. The fourth-order valence-electron chi connectivity index (χ4n) is 1.69. The summed E-state index contributed by atoms with van der Waals surface area (Å²) in [5.74, 6) is -1.38. The molecule has 0 radical (unpaired) electrons. The van der Waals surface area contributed by atoms with Gasteiger partial charge in [0.25, 0.3) is 5.56 Å². The van der Waals surface area contributed by atoms with Crippen molar-refractivity contribution in [1.82, 2.24) is 9.55 Å². The topological polar surface area (TPSA) is 72.2 Å². The van der Waals surface area contributed by atoms with E-state index in [0.29, 0.717) is 5.57 Å². The van der Waals surface area contributed by atoms with Gasteiger partial charge in [-0.25, -0.2) is 18.6 Å². The Morgan fingerprint density at radius 2 is 2.16 bits per heavy atom. The first-order valence-corrected chi connectivity index (χ1v) is 5.44. The zero-order valence-corrected chi connectivity index (χ0v) is 9.66. The predicted molar refractivity (Wildman–Crippen MR) is 62.5 cm³/mol. The first-order valence-electron chi connectivity index (χ1n) is 5.44. The van der Waals surface area contributed by atoms with Crippen molar-refractivity contribution in [3.63, 3.8) is 0 Å². The maximum absolute atomic E-state index is 13.1. The smallest absolute Gasteiger partial charge is 0.342 e. The van der Waals surface area contributed by atoms with E-state index in [9.17, 15) is 18.4 Å². The van der Waals surface area contributed by atoms with Crippen LogP contribution in [0.4, 0.5) is 8.78 Å². The normalized spacial score (nSPS) is 22.1. The molecule has 1 aliphatic carbocycles. The van der Waals surface area contributed by atoms with Gasteiger partial charge in [-0.15, -0.1) is 0 Å². The molecule has 1 aromatic heterocycles. The number of alkyl halides is 2. The molecule has 2 rings (SSSR count). The van der Waals surface area contributed by atoms with Gasteiger partial charge >= 0.3 is 5.97 Å². The molecule has 0 saturated carbocycles. The molecule has 1 aliphatic rings. The highest BCUT2D eigenvalue weighted by Gasteiger charge is 2.20. The third-order valence-corrected chi connectivity index (χ3v) is 2.66. The number of hydrogen-bond acceptors (Lipinski definition) is 3. The lowest BCUT2D eigenvalue weighted by molar-refractivity contribution is 0.0693. The molecule has 0 bridgehead atoms. The van der Waals surface area contributed by atoms with Crippen LogP contribution in [0.25, 0.3) is 0 Å². The van der Waals surface area contributed by atoms with Gasteiger partial charge in [0.05, 0.1) is 12.9 Å². The SMILES string of the molecule is O=C(O)c1cncn(CC2=CC(F)C(F)C=C2)c1=O. The van der Waals surface area contributed by atoms with Crippen molar-refractivity contribution in [2.45, 2.75) is 18.9 Å². The Morgan fingerprint density at radius 3 is 2.79 bits per heavy atom. The van der Waals surface area contributed by atoms with Gasteiger partial charge in [0.1, 0.15) is 5.56 Å². The molecule has 2 unspecified atom stereocenters. The molecule has 1 heterocycles. The summed E-state index contributed by atoms with van der Waals surface area (Å²) in [5.41, 5.74) is -0.828. The summed E-state index contributed by atoms with van der Waals surface area (Å²) >= 11 is 0. The van der Waals surface area contributed by atoms with E-state index in [4.69, 9.17) is 5.11 Å². The van der Waals surface area contributed by atoms with Gasteiger partial charge in [0.2, 0.25) is 0 Å². The molecule has 0 aromatic carbocycles. The fraction of sp³-hybridized carbons (Fsp3) is 0.250. The van der Waals surface area contributed by atoms with Gasteiger partial charge in [0, 0.05) is 6.20 Å². The van der Waals surface area contributed by atoms with E-state index < -0.39 is 29.4 Å². The lowest BCUT2D eigenvalue weighted by Crippen LogP contribution is -2.28. The molecule has 5 nitrogen and oxygen atoms in total. The summed E-state index contributed by atoms with van der Waals surface area (Å²) in [6, 6.07) is 0. The average Bonchev–Trinajstić information content (AvgIpc) is 2.36. The van der Waals surface area contributed by atoms with Crippen LogP contribution in [0.2, 0.25) is 0 Å². The second-order valence-corrected chi connectivity index (χ2v) is 4.04. The predicted octanol–water partition coefficient (Wildman–Crippen LogP) is 1.11. The van der Waals surface area contributed by atoms with Crippen molar-refractivity contribution in [2.24, 2.45) is 0 Å². The largest absolute Gasteiger partial charge is 0.477 e. The van der Waals surface area contributed by atoms with Gasteiger partial charge in [-0.2, -0.15) is 0 Å². The maximum Gasteiger partial charge on any atom is 0.342 e. The number of rotatable bonds is 3. The van der Waals surface area contributed by atoms with Crippen LogP contribution >= 0.6 is 0 Å². The van der Waals surface area contributed by atoms with Crippen molar-refractivity contribution in [1.29, 1.82) is 0 Å². The van der Waals surface area contributed by atoms with Crippen LogP contribution in [-0.2, 0) is 6.54 Å². The van der Waals surface area contributed by atoms with E-state index in [0.717, 1.165) is 29.2 Å². The second kappa shape index (κ2) is 5.13. The van der Waals surface area contributed by atoms with E-state index in [2.05, 4.69) is 4.98 Å². The van der Waals surface area contributed by atoms with E-state index in [1.54, 1.807) is 0 Å². The Balaban J connectivity index is 2.28. The summed E-state index contributed by atoms with van der Waals surface area (Å²) in [6.07, 6.45) is 2.13. The number of halogens is 2. The van der Waals surface area contributed by atoms with Gasteiger partial charge in [-0.3, -0.25) is 9.36 Å². The van der Waals surface area contributed by atoms with Crippen LogP contribution in [0.3, 0.4) is 0 Å². The molecule has 1 aromatic rings. The summed E-state index contributed by atoms with van der Waals surface area (Å²) in [7, 11) is 0. The zero-order chi connectivity index (χ0) is 14.0. The average molecular weight is 268 g/mol. The molecule has 19 heavy (non-hydrogen) atoms. The summed E-state index contributed by atoms with van der Waals surface area (Å²) < 4.78 is 27.0. The van der Waals surface area contributed by atoms with Gasteiger partial charge in [0.15, 0.2) is 12.3 Å². The third-order valence-electron chi connectivity index (χ3n) is 2.66. The highest BCUT2D eigenvalue weighted by molar-refractivity contribution is 5.86. The lowest BCUT2D eigenvalue weighted by Gasteiger charge is -2.14. The minimum Gasteiger partial charge on any atom is -0.477 e. The minimum absolute atomic E-state index is 0.0589. The third kappa shape index (κ3) is 2.75. The number of carboxylic acids is 1. The number of hydrogen-bond donors (Lipinski definition) is 1. The van der Waals surface area contributed by atoms with Crippen molar-refractivity contribution >= 4 is 5.97 Å². The molecular formula is C12H10F2N2O3. The van der Waals surface area contributed by atoms with Crippen molar-refractivity contribution in [3.8, 4) is 0 Å². The number of allylic oxidation sites excluding steroid dienone is 4. The quantitative estimate of drug-likeness (QED) is 0.891. The van der Waals surface area contributed by atoms with E-state index >= 15 is 0 Å². The van der Waals surface area contributed by atoms with Crippen LogP contribution < -0.4 is 5.56 Å². The summed E-state index contributed by atoms with van der Waals surface area (Å²) in [5, 5.41) is 8.78. The maximum atomic E-state index is 13.1. The first kappa shape index (κ1) is 13.1. The van der Waals surface area contributed by atoms with E-state index in [1.807, 2.05) is 0 Å². The Kier molecular flexibility index (Phi) is 3.55. The van der Waals surface area contributed by atoms with Crippen molar-refractivity contribution in [2.75, 3.05) is 0 Å². The Hall–Kier alpha value is -2.31. The molecular weight excluding hydrogens is 258 g/mol. The van der Waals surface area contributed by atoms with Gasteiger partial charge in [-0.1, -0.05) is 6.08 Å². The van der Waals surface area contributed by atoms with Crippen molar-refractivity contribution < 1.29 is 18.7 Å². The Bertz CT molecular complexity index is 622. The van der Waals surface area contributed by atoms with Crippen LogP contribution in [0, 0.1) is 0 Å². The Morgan fingerprint density at radius 1 is 1.42 bits per heavy atom. The van der Waals surface area contributed by atoms with Crippen LogP contribution in [0.15, 0.2) is 41.1 Å². The highest BCUT2D eigenvalue weighted by atomic mass is 19.2. The molecule has 1 N–H and O–H groups in total. The molecule has 2 atom stereocenters.